The average molecular weight is 317 g/mol. The quantitative estimate of drug-likeness (QED) is 0.791. The molecule has 0 aliphatic rings. The Morgan fingerprint density at radius 2 is 1.82 bits per heavy atom. The zero-order valence-electron chi connectivity index (χ0n) is 13.8. The Kier molecular flexibility index (Phi) is 5.29. The van der Waals surface area contributed by atoms with E-state index in [4.69, 9.17) is 0 Å². The van der Waals surface area contributed by atoms with Crippen molar-refractivity contribution in [3.05, 3.63) is 42.2 Å². The standard InChI is InChI=1S/C17H23N3OS/c1-12(2)14-6-8-15(9-7-14)20-11-10-18-17(20)22-13(3)16(21)19(4)5/h6-13H,1-5H3/t13-/m0/s1. The minimum absolute atomic E-state index is 0.0923. The van der Waals surface area contributed by atoms with Gasteiger partial charge in [0, 0.05) is 32.2 Å². The lowest BCUT2D eigenvalue weighted by Gasteiger charge is -2.16. The molecule has 1 heterocycles. The predicted molar refractivity (Wildman–Crippen MR) is 91.7 cm³/mol. The van der Waals surface area contributed by atoms with Crippen LogP contribution in [-0.2, 0) is 4.79 Å². The van der Waals surface area contributed by atoms with Gasteiger partial charge in [-0.2, -0.15) is 0 Å². The van der Waals surface area contributed by atoms with Crippen molar-refractivity contribution in [2.75, 3.05) is 14.1 Å². The second kappa shape index (κ2) is 7.01. The van der Waals surface area contributed by atoms with E-state index in [1.165, 1.54) is 17.3 Å². The predicted octanol–water partition coefficient (Wildman–Crippen LogP) is 3.56. The Bertz CT molecular complexity index is 632. The number of benzene rings is 1. The van der Waals surface area contributed by atoms with E-state index >= 15 is 0 Å². The number of hydrogen-bond donors (Lipinski definition) is 0. The number of hydrogen-bond acceptors (Lipinski definition) is 3. The maximum atomic E-state index is 12.0. The van der Waals surface area contributed by atoms with Crippen LogP contribution in [0.5, 0.6) is 0 Å². The lowest BCUT2D eigenvalue weighted by molar-refractivity contribution is -0.127. The highest BCUT2D eigenvalue weighted by Gasteiger charge is 2.19. The van der Waals surface area contributed by atoms with Crippen LogP contribution < -0.4 is 0 Å². The van der Waals surface area contributed by atoms with Crippen LogP contribution in [0.3, 0.4) is 0 Å². The van der Waals surface area contributed by atoms with Gasteiger partial charge in [0.15, 0.2) is 5.16 Å². The summed E-state index contributed by atoms with van der Waals surface area (Å²) in [6.45, 7) is 6.28. The monoisotopic (exact) mass is 317 g/mol. The highest BCUT2D eigenvalue weighted by molar-refractivity contribution is 8.00. The first-order valence-corrected chi connectivity index (χ1v) is 8.29. The molecule has 0 bridgehead atoms. The van der Waals surface area contributed by atoms with Crippen molar-refractivity contribution in [2.45, 2.75) is 37.1 Å². The lowest BCUT2D eigenvalue weighted by atomic mass is 10.0. The molecule has 2 rings (SSSR count). The Labute approximate surface area is 136 Å². The van der Waals surface area contributed by atoms with E-state index in [9.17, 15) is 4.79 Å². The smallest absolute Gasteiger partial charge is 0.235 e. The molecule has 22 heavy (non-hydrogen) atoms. The second-order valence-corrected chi connectivity index (χ2v) is 7.13. The molecule has 1 amide bonds. The number of amides is 1. The summed E-state index contributed by atoms with van der Waals surface area (Å²) in [5.74, 6) is 0.609. The summed E-state index contributed by atoms with van der Waals surface area (Å²) in [4.78, 5) is 18.0. The molecule has 0 spiro atoms. The number of thioether (sulfide) groups is 1. The molecule has 0 unspecified atom stereocenters. The van der Waals surface area contributed by atoms with E-state index in [0.29, 0.717) is 5.92 Å². The van der Waals surface area contributed by atoms with Crippen LogP contribution in [0.2, 0.25) is 0 Å². The number of carbonyl (C=O) groups excluding carboxylic acids is 1. The van der Waals surface area contributed by atoms with E-state index < -0.39 is 0 Å². The second-order valence-electron chi connectivity index (χ2n) is 5.82. The van der Waals surface area contributed by atoms with Gasteiger partial charge in [-0.15, -0.1) is 0 Å². The molecule has 0 saturated heterocycles. The molecule has 1 aromatic carbocycles. The first-order valence-electron chi connectivity index (χ1n) is 7.41. The fourth-order valence-electron chi connectivity index (χ4n) is 2.17. The lowest BCUT2D eigenvalue weighted by Crippen LogP contribution is -2.29. The molecule has 0 radical (unpaired) electrons. The number of imidazole rings is 1. The van der Waals surface area contributed by atoms with Crippen LogP contribution in [0, 0.1) is 0 Å². The van der Waals surface area contributed by atoms with Gasteiger partial charge < -0.3 is 4.90 Å². The number of rotatable bonds is 5. The molecule has 1 aromatic heterocycles. The first kappa shape index (κ1) is 16.6. The maximum absolute atomic E-state index is 12.0. The Hall–Kier alpha value is -1.75. The third-order valence-corrected chi connectivity index (χ3v) is 4.58. The van der Waals surface area contributed by atoms with Gasteiger partial charge in [-0.25, -0.2) is 4.98 Å². The SMILES string of the molecule is CC(C)c1ccc(-n2ccnc2S[C@@H](C)C(=O)N(C)C)cc1. The summed E-state index contributed by atoms with van der Waals surface area (Å²) in [5, 5.41) is 0.672. The first-order chi connectivity index (χ1) is 10.4. The molecule has 5 heteroatoms. The summed E-state index contributed by atoms with van der Waals surface area (Å²) in [5.41, 5.74) is 2.38. The largest absolute Gasteiger partial charge is 0.348 e. The van der Waals surface area contributed by atoms with Gasteiger partial charge >= 0.3 is 0 Å². The minimum Gasteiger partial charge on any atom is -0.348 e. The molecule has 0 N–H and O–H groups in total. The summed E-state index contributed by atoms with van der Waals surface area (Å²) >= 11 is 1.48. The van der Waals surface area contributed by atoms with Crippen molar-refractivity contribution < 1.29 is 4.79 Å². The van der Waals surface area contributed by atoms with Crippen molar-refractivity contribution in [3.63, 3.8) is 0 Å². The fraction of sp³-hybridized carbons (Fsp3) is 0.412. The summed E-state index contributed by atoms with van der Waals surface area (Å²) in [6.07, 6.45) is 3.70. The van der Waals surface area contributed by atoms with Gasteiger partial charge in [-0.1, -0.05) is 37.7 Å². The van der Waals surface area contributed by atoms with Crippen LogP contribution in [0.4, 0.5) is 0 Å². The average Bonchev–Trinajstić information content (AvgIpc) is 2.94. The molecular formula is C17H23N3OS. The van der Waals surface area contributed by atoms with Crippen LogP contribution >= 0.6 is 11.8 Å². The number of nitrogens with zero attached hydrogens (tertiary/aromatic N) is 3. The molecule has 1 atom stereocenters. The van der Waals surface area contributed by atoms with Gasteiger partial charge in [0.2, 0.25) is 5.91 Å². The third kappa shape index (κ3) is 3.71. The minimum atomic E-state index is -0.161. The zero-order chi connectivity index (χ0) is 16.3. The highest BCUT2D eigenvalue weighted by atomic mass is 32.2. The Morgan fingerprint density at radius 1 is 1.18 bits per heavy atom. The van der Waals surface area contributed by atoms with Crippen LogP contribution in [0.1, 0.15) is 32.3 Å². The van der Waals surface area contributed by atoms with Crippen LogP contribution in [0.15, 0.2) is 41.8 Å². The molecule has 0 aliphatic carbocycles. The van der Waals surface area contributed by atoms with E-state index in [0.717, 1.165) is 10.8 Å². The van der Waals surface area contributed by atoms with E-state index in [1.54, 1.807) is 25.2 Å². The van der Waals surface area contributed by atoms with Crippen molar-refractivity contribution in [1.29, 1.82) is 0 Å². The van der Waals surface area contributed by atoms with Crippen molar-refractivity contribution >= 4 is 17.7 Å². The Balaban J connectivity index is 2.20. The summed E-state index contributed by atoms with van der Waals surface area (Å²) in [6, 6.07) is 8.48. The molecule has 2 aromatic rings. The van der Waals surface area contributed by atoms with Crippen molar-refractivity contribution in [2.24, 2.45) is 0 Å². The maximum Gasteiger partial charge on any atom is 0.235 e. The summed E-state index contributed by atoms with van der Waals surface area (Å²) in [7, 11) is 3.55. The fourth-order valence-corrected chi connectivity index (χ4v) is 3.19. The van der Waals surface area contributed by atoms with Crippen LogP contribution in [0.25, 0.3) is 5.69 Å². The molecule has 0 fully saturated rings. The number of carbonyl (C=O) groups is 1. The Morgan fingerprint density at radius 3 is 2.36 bits per heavy atom. The van der Waals surface area contributed by atoms with Crippen molar-refractivity contribution in [3.8, 4) is 5.69 Å². The molecule has 4 nitrogen and oxygen atoms in total. The molecular weight excluding hydrogens is 294 g/mol. The van der Waals surface area contributed by atoms with Gasteiger partial charge in [-0.3, -0.25) is 9.36 Å². The van der Waals surface area contributed by atoms with E-state index in [1.807, 2.05) is 17.7 Å². The molecule has 0 aliphatic heterocycles. The normalized spacial score (nSPS) is 12.5. The van der Waals surface area contributed by atoms with E-state index in [-0.39, 0.29) is 11.2 Å². The van der Waals surface area contributed by atoms with Crippen LogP contribution in [-0.4, -0.2) is 39.7 Å². The molecule has 0 saturated carbocycles. The van der Waals surface area contributed by atoms with Gasteiger partial charge in [0.25, 0.3) is 0 Å². The summed E-state index contributed by atoms with van der Waals surface area (Å²) < 4.78 is 2.02. The van der Waals surface area contributed by atoms with Gasteiger partial charge in [0.1, 0.15) is 0 Å². The van der Waals surface area contributed by atoms with E-state index in [2.05, 4.69) is 43.1 Å². The van der Waals surface area contributed by atoms with Gasteiger partial charge in [0.05, 0.1) is 5.25 Å². The highest BCUT2D eigenvalue weighted by Crippen LogP contribution is 2.26. The number of aromatic nitrogens is 2. The third-order valence-electron chi connectivity index (χ3n) is 3.52. The molecule has 118 valence electrons. The zero-order valence-corrected chi connectivity index (χ0v) is 14.6. The topological polar surface area (TPSA) is 38.1 Å². The van der Waals surface area contributed by atoms with Gasteiger partial charge in [-0.05, 0) is 30.5 Å². The van der Waals surface area contributed by atoms with Crippen molar-refractivity contribution in [1.82, 2.24) is 14.5 Å².